The Morgan fingerprint density at radius 1 is 1.80 bits per heavy atom. The number of rotatable bonds is 2. The van der Waals surface area contributed by atoms with Crippen molar-refractivity contribution in [3.63, 3.8) is 0 Å². The first-order valence-electron chi connectivity index (χ1n) is 3.03. The van der Waals surface area contributed by atoms with Crippen molar-refractivity contribution in [2.75, 3.05) is 6.54 Å². The summed E-state index contributed by atoms with van der Waals surface area (Å²) >= 11 is 1.38. The Morgan fingerprint density at radius 3 is 3.30 bits per heavy atom. The average Bonchev–Trinajstić information content (AvgIpc) is 2.03. The van der Waals surface area contributed by atoms with Crippen LogP contribution in [0.4, 0.5) is 0 Å². The van der Waals surface area contributed by atoms with Gasteiger partial charge in [0.05, 0.1) is 0 Å². The highest BCUT2D eigenvalue weighted by Gasteiger charge is 1.96. The van der Waals surface area contributed by atoms with Gasteiger partial charge in [-0.25, -0.2) is 4.99 Å². The average molecular weight is 155 g/mol. The minimum atomic E-state index is 0.691. The molecule has 1 heterocycles. The predicted octanol–water partition coefficient (Wildman–Crippen LogP) is 1.20. The molecular weight excluding hydrogens is 146 g/mol. The highest BCUT2D eigenvalue weighted by Crippen LogP contribution is 1.96. The lowest BCUT2D eigenvalue weighted by molar-refractivity contribution is 1.02. The molecule has 3 nitrogen and oxygen atoms in total. The van der Waals surface area contributed by atoms with Gasteiger partial charge in [0.1, 0.15) is 0 Å². The molecule has 1 aliphatic heterocycles. The summed E-state index contributed by atoms with van der Waals surface area (Å²) in [5.74, 6) is 0.691. The molecule has 0 unspecified atom stereocenters. The second-order valence-electron chi connectivity index (χ2n) is 1.69. The maximum atomic E-state index is 4.11. The Balaban J connectivity index is 2.32. The minimum absolute atomic E-state index is 0.691. The Morgan fingerprint density at radius 2 is 2.70 bits per heavy atom. The van der Waals surface area contributed by atoms with E-state index in [2.05, 4.69) is 21.3 Å². The van der Waals surface area contributed by atoms with Gasteiger partial charge in [0.2, 0.25) is 5.96 Å². The van der Waals surface area contributed by atoms with Gasteiger partial charge >= 0.3 is 0 Å². The second-order valence-corrected chi connectivity index (χ2v) is 2.47. The van der Waals surface area contributed by atoms with Crippen molar-refractivity contribution in [2.45, 2.75) is 6.42 Å². The summed E-state index contributed by atoms with van der Waals surface area (Å²) in [6, 6.07) is 0. The van der Waals surface area contributed by atoms with Crippen molar-refractivity contribution in [3.8, 4) is 0 Å². The van der Waals surface area contributed by atoms with Crippen LogP contribution in [-0.2, 0) is 0 Å². The molecule has 0 bridgehead atoms. The molecule has 0 saturated heterocycles. The smallest absolute Gasteiger partial charge is 0.228 e. The number of hydrogen-bond donors (Lipinski definition) is 1. The van der Waals surface area contributed by atoms with Gasteiger partial charge in [-0.15, -0.1) is 0 Å². The number of hydrogen-bond acceptors (Lipinski definition) is 4. The van der Waals surface area contributed by atoms with Gasteiger partial charge in [0.15, 0.2) is 0 Å². The third-order valence-corrected chi connectivity index (χ3v) is 1.43. The summed E-state index contributed by atoms with van der Waals surface area (Å²) in [4.78, 5) is 8.12. The Kier molecular flexibility index (Phi) is 3.02. The molecule has 0 spiro atoms. The quantitative estimate of drug-likeness (QED) is 0.608. The Labute approximate surface area is 64.5 Å². The molecule has 0 aromatic heterocycles. The lowest BCUT2D eigenvalue weighted by atomic mass is 10.4. The first-order chi connectivity index (χ1) is 4.93. The minimum Gasteiger partial charge on any atom is -0.295 e. The number of nitrogens with one attached hydrogen (secondary N) is 1. The number of nitrogens with zero attached hydrogens (tertiary/aromatic N) is 2. The second kappa shape index (κ2) is 4.11. The summed E-state index contributed by atoms with van der Waals surface area (Å²) in [5, 5.41) is 1.70. The highest BCUT2D eigenvalue weighted by molar-refractivity contribution is 8.00. The molecule has 54 valence electrons. The number of aliphatic imine (C=N–C) groups is 2. The summed E-state index contributed by atoms with van der Waals surface area (Å²) in [6.45, 7) is 4.38. The molecule has 0 aromatic carbocycles. The lowest BCUT2D eigenvalue weighted by Gasteiger charge is -2.03. The molecule has 10 heavy (non-hydrogen) atoms. The summed E-state index contributed by atoms with van der Waals surface area (Å²) < 4.78 is 2.92. The topological polar surface area (TPSA) is 36.8 Å². The van der Waals surface area contributed by atoms with Crippen LogP contribution in [0.15, 0.2) is 22.0 Å². The van der Waals surface area contributed by atoms with Crippen LogP contribution >= 0.6 is 11.9 Å². The van der Waals surface area contributed by atoms with Gasteiger partial charge in [-0.05, 0) is 17.4 Å². The van der Waals surface area contributed by atoms with Crippen molar-refractivity contribution < 1.29 is 0 Å². The van der Waals surface area contributed by atoms with Crippen LogP contribution in [0.2, 0.25) is 0 Å². The molecule has 0 radical (unpaired) electrons. The summed E-state index contributed by atoms with van der Waals surface area (Å²) in [6.07, 6.45) is 2.81. The van der Waals surface area contributed by atoms with E-state index in [1.807, 2.05) is 6.21 Å². The Bertz CT molecular complexity index is 174. The van der Waals surface area contributed by atoms with E-state index in [4.69, 9.17) is 0 Å². The lowest BCUT2D eigenvalue weighted by Crippen LogP contribution is -2.15. The molecule has 1 aliphatic rings. The third kappa shape index (κ3) is 2.23. The van der Waals surface area contributed by atoms with Crippen LogP contribution in [0.5, 0.6) is 0 Å². The predicted molar refractivity (Wildman–Crippen MR) is 46.3 cm³/mol. The van der Waals surface area contributed by atoms with Crippen molar-refractivity contribution in [3.05, 3.63) is 12.0 Å². The highest BCUT2D eigenvalue weighted by atomic mass is 32.2. The zero-order chi connectivity index (χ0) is 7.23. The summed E-state index contributed by atoms with van der Waals surface area (Å²) in [7, 11) is 0. The van der Waals surface area contributed by atoms with Crippen molar-refractivity contribution in [2.24, 2.45) is 9.98 Å². The fraction of sp³-hybridized carbons (Fsp3) is 0.333. The molecule has 0 fully saturated rings. The largest absolute Gasteiger partial charge is 0.295 e. The van der Waals surface area contributed by atoms with Crippen LogP contribution in [0.3, 0.4) is 0 Å². The van der Waals surface area contributed by atoms with Crippen LogP contribution in [-0.4, -0.2) is 18.7 Å². The van der Waals surface area contributed by atoms with Gasteiger partial charge in [0.25, 0.3) is 0 Å². The van der Waals surface area contributed by atoms with Gasteiger partial charge in [-0.1, -0.05) is 6.58 Å². The van der Waals surface area contributed by atoms with E-state index in [-0.39, 0.29) is 0 Å². The molecule has 0 aliphatic carbocycles. The van der Waals surface area contributed by atoms with Crippen molar-refractivity contribution in [1.29, 1.82) is 0 Å². The monoisotopic (exact) mass is 155 g/mol. The zero-order valence-corrected chi connectivity index (χ0v) is 6.40. The first kappa shape index (κ1) is 7.34. The van der Waals surface area contributed by atoms with Crippen molar-refractivity contribution >= 4 is 24.1 Å². The fourth-order valence-corrected chi connectivity index (χ4v) is 0.879. The fourth-order valence-electron chi connectivity index (χ4n) is 0.573. The zero-order valence-electron chi connectivity index (χ0n) is 5.58. The van der Waals surface area contributed by atoms with E-state index >= 15 is 0 Å². The normalized spacial score (nSPS) is 16.2. The van der Waals surface area contributed by atoms with Crippen LogP contribution in [0, 0.1) is 0 Å². The van der Waals surface area contributed by atoms with E-state index in [0.717, 1.165) is 13.0 Å². The molecule has 1 N–H and O–H groups in total. The van der Waals surface area contributed by atoms with Gasteiger partial charge in [0, 0.05) is 19.2 Å². The SMILES string of the molecule is C=CSNC1=NCCC=N1. The number of guanidine groups is 1. The first-order valence-corrected chi connectivity index (χ1v) is 3.91. The van der Waals surface area contributed by atoms with Crippen molar-refractivity contribution in [1.82, 2.24) is 4.72 Å². The van der Waals surface area contributed by atoms with Crippen LogP contribution < -0.4 is 4.72 Å². The van der Waals surface area contributed by atoms with Crippen LogP contribution in [0.1, 0.15) is 6.42 Å². The van der Waals surface area contributed by atoms with Gasteiger partial charge in [-0.3, -0.25) is 9.71 Å². The third-order valence-electron chi connectivity index (χ3n) is 0.967. The molecule has 4 heteroatoms. The molecule has 1 rings (SSSR count). The van der Waals surface area contributed by atoms with E-state index in [1.165, 1.54) is 11.9 Å². The molecule has 0 amide bonds. The van der Waals surface area contributed by atoms with Crippen LogP contribution in [0.25, 0.3) is 0 Å². The molecular formula is C6H9N3S. The standard InChI is InChI=1S/C6H9N3S/c1-2-10-9-6-7-4-3-5-8-6/h2,4H,1,3,5H2,(H,8,9). The van der Waals surface area contributed by atoms with E-state index in [0.29, 0.717) is 5.96 Å². The summed E-state index contributed by atoms with van der Waals surface area (Å²) in [5.41, 5.74) is 0. The van der Waals surface area contributed by atoms with E-state index in [9.17, 15) is 0 Å². The Hall–Kier alpha value is -0.770. The van der Waals surface area contributed by atoms with E-state index in [1.54, 1.807) is 5.41 Å². The van der Waals surface area contributed by atoms with Gasteiger partial charge in [-0.2, -0.15) is 0 Å². The molecule has 0 saturated carbocycles. The molecule has 0 aromatic rings. The maximum absolute atomic E-state index is 4.11. The maximum Gasteiger partial charge on any atom is 0.228 e. The molecule has 0 atom stereocenters. The van der Waals surface area contributed by atoms with Gasteiger partial charge < -0.3 is 0 Å². The van der Waals surface area contributed by atoms with E-state index < -0.39 is 0 Å².